The van der Waals surface area contributed by atoms with E-state index >= 15 is 0 Å². The van der Waals surface area contributed by atoms with Gasteiger partial charge in [0.25, 0.3) is 0 Å². The van der Waals surface area contributed by atoms with Gasteiger partial charge in [0.2, 0.25) is 6.54 Å². The van der Waals surface area contributed by atoms with Crippen molar-refractivity contribution in [2.45, 2.75) is 51.4 Å². The van der Waals surface area contributed by atoms with Crippen molar-refractivity contribution in [1.29, 1.82) is 0 Å². The van der Waals surface area contributed by atoms with Crippen molar-refractivity contribution in [2.24, 2.45) is 5.92 Å². The van der Waals surface area contributed by atoms with E-state index in [1.54, 1.807) is 24.3 Å². The van der Waals surface area contributed by atoms with Crippen LogP contribution in [0.2, 0.25) is 0 Å². The molecule has 0 aliphatic carbocycles. The Balaban J connectivity index is 2.79. The second-order valence-electron chi connectivity index (χ2n) is 6.83. The van der Waals surface area contributed by atoms with Crippen LogP contribution >= 0.6 is 0 Å². The van der Waals surface area contributed by atoms with Crippen LogP contribution in [-0.4, -0.2) is 44.2 Å². The first-order valence-corrected chi connectivity index (χ1v) is 9.94. The number of ether oxygens (including phenoxy) is 3. The van der Waals surface area contributed by atoms with E-state index in [4.69, 9.17) is 4.74 Å². The molecule has 0 saturated heterocycles. The molecule has 1 atom stereocenters. The topological polar surface area (TPSA) is 105 Å². The molecule has 8 heteroatoms. The van der Waals surface area contributed by atoms with Gasteiger partial charge >= 0.3 is 11.9 Å². The molecule has 1 rings (SSSR count). The number of hydrogen-bond donors (Lipinski definition) is 0. The monoisotopic (exact) mass is 409 g/mol. The summed E-state index contributed by atoms with van der Waals surface area (Å²) in [5.74, 6) is -3.52. The Hall–Kier alpha value is -2.64. The molecule has 0 amide bonds. The van der Waals surface area contributed by atoms with E-state index in [9.17, 15) is 19.7 Å². The Bertz CT molecular complexity index is 629. The fraction of sp³-hybridized carbons (Fsp3) is 0.619. The van der Waals surface area contributed by atoms with E-state index in [1.165, 1.54) is 25.7 Å². The summed E-state index contributed by atoms with van der Waals surface area (Å²) in [7, 11) is 2.25. The molecule has 162 valence electrons. The third kappa shape index (κ3) is 8.50. The van der Waals surface area contributed by atoms with Gasteiger partial charge in [0.15, 0.2) is 5.92 Å². The number of nitrogens with zero attached hydrogens (tertiary/aromatic N) is 1. The summed E-state index contributed by atoms with van der Waals surface area (Å²) in [4.78, 5) is 34.7. The molecule has 0 N–H and O–H groups in total. The maximum absolute atomic E-state index is 12.1. The summed E-state index contributed by atoms with van der Waals surface area (Å²) in [6.07, 6.45) is 6.98. The molecule has 0 aromatic heterocycles. The molecular weight excluding hydrogens is 378 g/mol. The number of nitro groups is 1. The first-order valence-electron chi connectivity index (χ1n) is 9.94. The summed E-state index contributed by atoms with van der Waals surface area (Å²) >= 11 is 0. The number of esters is 2. The van der Waals surface area contributed by atoms with Crippen LogP contribution in [0.15, 0.2) is 24.3 Å². The quantitative estimate of drug-likeness (QED) is 0.151. The van der Waals surface area contributed by atoms with Gasteiger partial charge in [-0.05, 0) is 24.1 Å². The highest BCUT2D eigenvalue weighted by atomic mass is 16.6. The van der Waals surface area contributed by atoms with E-state index in [-0.39, 0.29) is 0 Å². The van der Waals surface area contributed by atoms with Crippen LogP contribution in [0, 0.1) is 16.0 Å². The van der Waals surface area contributed by atoms with Crippen molar-refractivity contribution in [3.05, 3.63) is 39.9 Å². The zero-order valence-corrected chi connectivity index (χ0v) is 17.4. The molecule has 0 spiro atoms. The molecular formula is C21H31NO7. The predicted octanol–water partition coefficient (Wildman–Crippen LogP) is 3.75. The molecule has 8 nitrogen and oxygen atoms in total. The lowest BCUT2D eigenvalue weighted by Gasteiger charge is -2.21. The number of unbranched alkanes of at least 4 members (excludes halogenated alkanes) is 5. The van der Waals surface area contributed by atoms with Crippen LogP contribution in [0.4, 0.5) is 0 Å². The summed E-state index contributed by atoms with van der Waals surface area (Å²) in [5, 5.41) is 11.1. The average molecular weight is 409 g/mol. The minimum absolute atomic E-state index is 0.467. The lowest BCUT2D eigenvalue weighted by Crippen LogP contribution is -2.35. The Morgan fingerprint density at radius 2 is 1.52 bits per heavy atom. The van der Waals surface area contributed by atoms with Crippen LogP contribution in [0.1, 0.15) is 56.9 Å². The molecule has 0 aliphatic heterocycles. The third-order valence-corrected chi connectivity index (χ3v) is 4.73. The zero-order valence-electron chi connectivity index (χ0n) is 17.4. The zero-order chi connectivity index (χ0) is 21.6. The molecule has 0 radical (unpaired) electrons. The van der Waals surface area contributed by atoms with Crippen LogP contribution in [0.3, 0.4) is 0 Å². The molecule has 0 aliphatic rings. The van der Waals surface area contributed by atoms with Crippen LogP contribution in [0.5, 0.6) is 5.75 Å². The van der Waals surface area contributed by atoms with Gasteiger partial charge in [0, 0.05) is 4.92 Å². The minimum atomic E-state index is -1.41. The van der Waals surface area contributed by atoms with Crippen molar-refractivity contribution in [2.75, 3.05) is 27.4 Å². The van der Waals surface area contributed by atoms with Crippen molar-refractivity contribution < 1.29 is 28.7 Å². The van der Waals surface area contributed by atoms with Crippen molar-refractivity contribution in [1.82, 2.24) is 0 Å². The van der Waals surface area contributed by atoms with Gasteiger partial charge in [-0.25, -0.2) is 0 Å². The minimum Gasteiger partial charge on any atom is -0.494 e. The number of hydrogen-bond acceptors (Lipinski definition) is 7. The summed E-state index contributed by atoms with van der Waals surface area (Å²) in [6.45, 7) is 2.17. The van der Waals surface area contributed by atoms with Gasteiger partial charge < -0.3 is 14.2 Å². The Morgan fingerprint density at radius 1 is 0.966 bits per heavy atom. The Labute approximate surface area is 171 Å². The van der Waals surface area contributed by atoms with E-state index in [0.717, 1.165) is 27.1 Å². The molecule has 29 heavy (non-hydrogen) atoms. The number of rotatable bonds is 14. The number of methoxy groups -OCH3 is 2. The second-order valence-corrected chi connectivity index (χ2v) is 6.83. The van der Waals surface area contributed by atoms with Crippen LogP contribution in [0.25, 0.3) is 0 Å². The SMILES string of the molecule is CCCCCCCCOc1ccc(C(C[N+](=O)[O-])C(C(=O)OC)C(=O)OC)cc1. The Kier molecular flexibility index (Phi) is 11.4. The number of carbonyl (C=O) groups excluding carboxylic acids is 2. The lowest BCUT2D eigenvalue weighted by molar-refractivity contribution is -0.484. The first kappa shape index (κ1) is 24.4. The lowest BCUT2D eigenvalue weighted by atomic mass is 9.85. The fourth-order valence-corrected chi connectivity index (χ4v) is 3.13. The molecule has 1 aromatic carbocycles. The highest BCUT2D eigenvalue weighted by Gasteiger charge is 2.40. The molecule has 0 saturated carbocycles. The molecule has 0 fully saturated rings. The molecule has 0 bridgehead atoms. The maximum Gasteiger partial charge on any atom is 0.320 e. The standard InChI is InChI=1S/C21H31NO7/c1-4-5-6-7-8-9-14-29-17-12-10-16(11-13-17)18(15-22(25)26)19(20(23)27-2)21(24)28-3/h10-13,18-19H,4-9,14-15H2,1-3H3. The number of carbonyl (C=O) groups is 2. The van der Waals surface area contributed by atoms with Crippen LogP contribution < -0.4 is 4.74 Å². The van der Waals surface area contributed by atoms with Crippen LogP contribution in [-0.2, 0) is 19.1 Å². The first-order chi connectivity index (χ1) is 13.9. The van der Waals surface area contributed by atoms with Gasteiger partial charge in [-0.1, -0.05) is 51.2 Å². The molecule has 1 aromatic rings. The fourth-order valence-electron chi connectivity index (χ4n) is 3.13. The van der Waals surface area contributed by atoms with E-state index in [0.29, 0.717) is 17.9 Å². The number of benzene rings is 1. The van der Waals surface area contributed by atoms with Gasteiger partial charge in [-0.2, -0.15) is 0 Å². The third-order valence-electron chi connectivity index (χ3n) is 4.73. The van der Waals surface area contributed by atoms with E-state index in [1.807, 2.05) is 0 Å². The van der Waals surface area contributed by atoms with Crippen molar-refractivity contribution in [3.63, 3.8) is 0 Å². The average Bonchev–Trinajstić information content (AvgIpc) is 2.72. The van der Waals surface area contributed by atoms with Gasteiger partial charge in [-0.3, -0.25) is 19.7 Å². The second kappa shape index (κ2) is 13.5. The largest absolute Gasteiger partial charge is 0.494 e. The van der Waals surface area contributed by atoms with Crippen molar-refractivity contribution >= 4 is 11.9 Å². The van der Waals surface area contributed by atoms with Gasteiger partial charge in [0.05, 0.1) is 26.7 Å². The highest BCUT2D eigenvalue weighted by molar-refractivity contribution is 5.96. The summed E-state index contributed by atoms with van der Waals surface area (Å²) in [5.41, 5.74) is 0.467. The predicted molar refractivity (Wildman–Crippen MR) is 107 cm³/mol. The maximum atomic E-state index is 12.1. The molecule has 1 unspecified atom stereocenters. The van der Waals surface area contributed by atoms with Gasteiger partial charge in [0.1, 0.15) is 5.75 Å². The normalized spacial score (nSPS) is 11.7. The Morgan fingerprint density at radius 3 is 2.03 bits per heavy atom. The smallest absolute Gasteiger partial charge is 0.320 e. The molecule has 0 heterocycles. The van der Waals surface area contributed by atoms with E-state index in [2.05, 4.69) is 16.4 Å². The summed E-state index contributed by atoms with van der Waals surface area (Å²) in [6, 6.07) is 6.63. The highest BCUT2D eigenvalue weighted by Crippen LogP contribution is 2.29. The van der Waals surface area contributed by atoms with Crippen molar-refractivity contribution in [3.8, 4) is 5.75 Å². The summed E-state index contributed by atoms with van der Waals surface area (Å²) < 4.78 is 15.0. The van der Waals surface area contributed by atoms with Gasteiger partial charge in [-0.15, -0.1) is 0 Å². The van der Waals surface area contributed by atoms with E-state index < -0.39 is 35.2 Å².